The van der Waals surface area contributed by atoms with Crippen LogP contribution in [0.25, 0.3) is 16.9 Å². The molecular weight excluding hydrogens is 328 g/mol. The highest BCUT2D eigenvalue weighted by Gasteiger charge is 2.13. The molecule has 0 amide bonds. The van der Waals surface area contributed by atoms with Gasteiger partial charge in [0.25, 0.3) is 0 Å². The maximum atomic E-state index is 10.9. The molecule has 26 heavy (non-hydrogen) atoms. The minimum atomic E-state index is -0.971. The fourth-order valence-electron chi connectivity index (χ4n) is 2.64. The Morgan fingerprint density at radius 2 is 1.62 bits per heavy atom. The Bertz CT molecular complexity index is 1100. The third kappa shape index (κ3) is 2.95. The summed E-state index contributed by atoms with van der Waals surface area (Å²) in [5, 5.41) is 17.6. The summed E-state index contributed by atoms with van der Waals surface area (Å²) in [7, 11) is 0. The van der Waals surface area contributed by atoms with Crippen molar-refractivity contribution in [3.63, 3.8) is 0 Å². The van der Waals surface area contributed by atoms with Gasteiger partial charge in [0, 0.05) is 11.8 Å². The maximum absolute atomic E-state index is 10.9. The van der Waals surface area contributed by atoms with Crippen molar-refractivity contribution in [3.8, 4) is 11.3 Å². The number of carbonyl (C=O) groups is 1. The van der Waals surface area contributed by atoms with Gasteiger partial charge in [-0.3, -0.25) is 4.40 Å². The van der Waals surface area contributed by atoms with Gasteiger partial charge in [-0.25, -0.2) is 9.78 Å². The van der Waals surface area contributed by atoms with Crippen LogP contribution in [-0.4, -0.2) is 20.5 Å². The van der Waals surface area contributed by atoms with Crippen LogP contribution in [0.15, 0.2) is 89.2 Å². The molecule has 0 atom stereocenters. The van der Waals surface area contributed by atoms with Crippen molar-refractivity contribution in [3.05, 3.63) is 84.6 Å². The Balaban J connectivity index is 1.79. The standard InChI is InChI=1S/C20H14N4O2/c25-20(26)15-9-11-16(12-10-15)22-23-19-18(14-6-2-1-3-7-14)21-17-8-4-5-13-24(17)19/h1-13H,(H,25,26). The van der Waals surface area contributed by atoms with Gasteiger partial charge in [0.15, 0.2) is 5.82 Å². The first-order valence-corrected chi connectivity index (χ1v) is 8.00. The highest BCUT2D eigenvalue weighted by Crippen LogP contribution is 2.32. The van der Waals surface area contributed by atoms with Gasteiger partial charge in [-0.05, 0) is 36.4 Å². The molecule has 0 saturated carbocycles. The van der Waals surface area contributed by atoms with Crippen molar-refractivity contribution in [2.75, 3.05) is 0 Å². The van der Waals surface area contributed by atoms with Crippen molar-refractivity contribution >= 4 is 23.1 Å². The monoisotopic (exact) mass is 342 g/mol. The van der Waals surface area contributed by atoms with Gasteiger partial charge < -0.3 is 5.11 Å². The minimum Gasteiger partial charge on any atom is -0.478 e. The lowest BCUT2D eigenvalue weighted by Gasteiger charge is -1.99. The summed E-state index contributed by atoms with van der Waals surface area (Å²) in [6.45, 7) is 0. The fraction of sp³-hybridized carbons (Fsp3) is 0. The Morgan fingerprint density at radius 1 is 0.885 bits per heavy atom. The fourth-order valence-corrected chi connectivity index (χ4v) is 2.64. The quantitative estimate of drug-likeness (QED) is 0.523. The van der Waals surface area contributed by atoms with Crippen molar-refractivity contribution in [1.82, 2.24) is 9.38 Å². The molecule has 0 unspecified atom stereocenters. The lowest BCUT2D eigenvalue weighted by atomic mass is 10.1. The predicted octanol–water partition coefficient (Wildman–Crippen LogP) is 5.11. The van der Waals surface area contributed by atoms with Crippen LogP contribution in [0.1, 0.15) is 10.4 Å². The number of nitrogens with zero attached hydrogens (tertiary/aromatic N) is 4. The normalized spacial score (nSPS) is 11.2. The predicted molar refractivity (Wildman–Crippen MR) is 98.2 cm³/mol. The smallest absolute Gasteiger partial charge is 0.335 e. The van der Waals surface area contributed by atoms with Gasteiger partial charge in [0.2, 0.25) is 0 Å². The summed E-state index contributed by atoms with van der Waals surface area (Å²) < 4.78 is 1.87. The average molecular weight is 342 g/mol. The minimum absolute atomic E-state index is 0.212. The second-order valence-electron chi connectivity index (χ2n) is 5.63. The van der Waals surface area contributed by atoms with E-state index in [1.54, 1.807) is 12.1 Å². The number of hydrogen-bond donors (Lipinski definition) is 1. The molecule has 2 aromatic carbocycles. The Kier molecular flexibility index (Phi) is 3.99. The van der Waals surface area contributed by atoms with E-state index in [1.807, 2.05) is 59.1 Å². The molecule has 4 rings (SSSR count). The van der Waals surface area contributed by atoms with Gasteiger partial charge in [-0.15, -0.1) is 10.2 Å². The molecule has 0 spiro atoms. The number of aromatic nitrogens is 2. The first kappa shape index (κ1) is 15.7. The molecule has 0 bridgehead atoms. The number of pyridine rings is 1. The second kappa shape index (κ2) is 6.60. The maximum Gasteiger partial charge on any atom is 0.335 e. The van der Waals surface area contributed by atoms with E-state index in [-0.39, 0.29) is 5.56 Å². The van der Waals surface area contributed by atoms with E-state index in [1.165, 1.54) is 12.1 Å². The van der Waals surface area contributed by atoms with Crippen LogP contribution in [-0.2, 0) is 0 Å². The second-order valence-corrected chi connectivity index (χ2v) is 5.63. The molecule has 4 aromatic rings. The molecule has 0 aliphatic rings. The van der Waals surface area contributed by atoms with Crippen LogP contribution >= 0.6 is 0 Å². The summed E-state index contributed by atoms with van der Waals surface area (Å²) in [5.41, 5.74) is 3.25. The molecular formula is C20H14N4O2. The van der Waals surface area contributed by atoms with Crippen LogP contribution in [0.4, 0.5) is 11.5 Å². The lowest BCUT2D eigenvalue weighted by molar-refractivity contribution is 0.0697. The SMILES string of the molecule is O=C(O)c1ccc(N=Nc2c(-c3ccccc3)nc3ccccn23)cc1. The van der Waals surface area contributed by atoms with Gasteiger partial charge in [0.1, 0.15) is 11.3 Å². The molecule has 2 heterocycles. The Hall–Kier alpha value is -3.80. The molecule has 2 aromatic heterocycles. The number of carboxylic acids is 1. The van der Waals surface area contributed by atoms with E-state index in [4.69, 9.17) is 5.11 Å². The van der Waals surface area contributed by atoms with Crippen LogP contribution in [0.2, 0.25) is 0 Å². The van der Waals surface area contributed by atoms with Crippen LogP contribution in [0, 0.1) is 0 Å². The summed E-state index contributed by atoms with van der Waals surface area (Å²) in [6, 6.07) is 21.8. The summed E-state index contributed by atoms with van der Waals surface area (Å²) in [5.74, 6) is -0.351. The van der Waals surface area contributed by atoms with E-state index >= 15 is 0 Å². The van der Waals surface area contributed by atoms with E-state index < -0.39 is 5.97 Å². The molecule has 0 radical (unpaired) electrons. The number of azo groups is 1. The van der Waals surface area contributed by atoms with Crippen molar-refractivity contribution in [1.29, 1.82) is 0 Å². The zero-order valence-electron chi connectivity index (χ0n) is 13.6. The number of benzene rings is 2. The lowest BCUT2D eigenvalue weighted by Crippen LogP contribution is -1.93. The van der Waals surface area contributed by atoms with E-state index in [0.717, 1.165) is 16.9 Å². The van der Waals surface area contributed by atoms with Gasteiger partial charge in [-0.1, -0.05) is 36.4 Å². The van der Waals surface area contributed by atoms with Gasteiger partial charge >= 0.3 is 5.97 Å². The molecule has 0 fully saturated rings. The summed E-state index contributed by atoms with van der Waals surface area (Å²) in [6.07, 6.45) is 1.89. The summed E-state index contributed by atoms with van der Waals surface area (Å²) >= 11 is 0. The number of carboxylic acid groups (broad SMARTS) is 1. The van der Waals surface area contributed by atoms with Crippen molar-refractivity contribution in [2.45, 2.75) is 0 Å². The zero-order valence-corrected chi connectivity index (χ0v) is 13.6. The number of imidazole rings is 1. The molecule has 0 saturated heterocycles. The number of fused-ring (bicyclic) bond motifs is 1. The molecule has 0 aliphatic heterocycles. The molecule has 6 nitrogen and oxygen atoms in total. The summed E-state index contributed by atoms with van der Waals surface area (Å²) in [4.78, 5) is 15.6. The first-order chi connectivity index (χ1) is 12.7. The van der Waals surface area contributed by atoms with E-state index in [9.17, 15) is 4.79 Å². The number of hydrogen-bond acceptors (Lipinski definition) is 4. The van der Waals surface area contributed by atoms with Crippen LogP contribution in [0.3, 0.4) is 0 Å². The third-order valence-corrected chi connectivity index (χ3v) is 3.93. The van der Waals surface area contributed by atoms with Crippen LogP contribution < -0.4 is 0 Å². The third-order valence-electron chi connectivity index (χ3n) is 3.93. The highest BCUT2D eigenvalue weighted by molar-refractivity contribution is 5.87. The van der Waals surface area contributed by atoms with Gasteiger partial charge in [0.05, 0.1) is 11.3 Å². The van der Waals surface area contributed by atoms with E-state index in [0.29, 0.717) is 11.5 Å². The number of aromatic carboxylic acids is 1. The van der Waals surface area contributed by atoms with Crippen molar-refractivity contribution < 1.29 is 9.90 Å². The molecule has 0 aliphatic carbocycles. The zero-order chi connectivity index (χ0) is 17.9. The topological polar surface area (TPSA) is 79.3 Å². The molecule has 6 heteroatoms. The molecule has 1 N–H and O–H groups in total. The van der Waals surface area contributed by atoms with Gasteiger partial charge in [-0.2, -0.15) is 0 Å². The largest absolute Gasteiger partial charge is 0.478 e. The Labute approximate surface area is 149 Å². The van der Waals surface area contributed by atoms with Crippen LogP contribution in [0.5, 0.6) is 0 Å². The van der Waals surface area contributed by atoms with E-state index in [2.05, 4.69) is 15.2 Å². The average Bonchev–Trinajstić information content (AvgIpc) is 3.06. The van der Waals surface area contributed by atoms with Crippen molar-refractivity contribution in [2.24, 2.45) is 10.2 Å². The first-order valence-electron chi connectivity index (χ1n) is 8.00. The molecule has 126 valence electrons. The number of rotatable bonds is 4. The Morgan fingerprint density at radius 3 is 2.35 bits per heavy atom. The highest BCUT2D eigenvalue weighted by atomic mass is 16.4.